The van der Waals surface area contributed by atoms with Crippen molar-refractivity contribution in [2.75, 3.05) is 39.1 Å². The molecule has 90 valence electrons. The van der Waals surface area contributed by atoms with E-state index in [0.717, 1.165) is 18.4 Å². The first-order valence-corrected chi connectivity index (χ1v) is 6.76. The summed E-state index contributed by atoms with van der Waals surface area (Å²) in [6.45, 7) is 2.25. The molecule has 1 aromatic rings. The second-order valence-corrected chi connectivity index (χ2v) is 4.94. The molecule has 0 saturated carbocycles. The molecule has 2 nitrogen and oxygen atoms in total. The summed E-state index contributed by atoms with van der Waals surface area (Å²) in [6, 6.07) is 8.72. The van der Waals surface area contributed by atoms with Gasteiger partial charge in [0, 0.05) is 24.6 Å². The maximum Gasteiger partial charge on any atom is 0.0363 e. The van der Waals surface area contributed by atoms with Gasteiger partial charge >= 0.3 is 0 Å². The molecule has 0 aromatic heterocycles. The lowest BCUT2D eigenvalue weighted by Gasteiger charge is -2.20. The van der Waals surface area contributed by atoms with Crippen LogP contribution in [0, 0.1) is 0 Å². The third kappa shape index (κ3) is 4.54. The minimum absolute atomic E-state index is 0.928. The minimum Gasteiger partial charge on any atom is -0.375 e. The van der Waals surface area contributed by atoms with E-state index in [2.05, 4.69) is 71.1 Å². The van der Waals surface area contributed by atoms with Crippen molar-refractivity contribution < 1.29 is 0 Å². The SMILES string of the molecule is CN(C)CCCN(C)c1ccc(CBr)cc1. The number of hydrogen-bond acceptors (Lipinski definition) is 2. The van der Waals surface area contributed by atoms with Gasteiger partial charge in [-0.1, -0.05) is 28.1 Å². The summed E-state index contributed by atoms with van der Waals surface area (Å²) in [5.41, 5.74) is 2.62. The molecule has 1 rings (SSSR count). The van der Waals surface area contributed by atoms with Crippen LogP contribution in [0.15, 0.2) is 24.3 Å². The van der Waals surface area contributed by atoms with Gasteiger partial charge in [0.25, 0.3) is 0 Å². The van der Waals surface area contributed by atoms with E-state index in [4.69, 9.17) is 0 Å². The normalized spacial score (nSPS) is 10.8. The summed E-state index contributed by atoms with van der Waals surface area (Å²) in [4.78, 5) is 4.53. The largest absolute Gasteiger partial charge is 0.375 e. The third-order valence-electron chi connectivity index (χ3n) is 2.63. The van der Waals surface area contributed by atoms with Crippen molar-refractivity contribution in [1.82, 2.24) is 4.90 Å². The van der Waals surface area contributed by atoms with Crippen LogP contribution in [0.2, 0.25) is 0 Å². The summed E-state index contributed by atoms with van der Waals surface area (Å²) < 4.78 is 0. The highest BCUT2D eigenvalue weighted by molar-refractivity contribution is 9.08. The molecular formula is C13H21BrN2. The van der Waals surface area contributed by atoms with Gasteiger partial charge in [0.2, 0.25) is 0 Å². The Morgan fingerprint density at radius 3 is 2.12 bits per heavy atom. The van der Waals surface area contributed by atoms with Crippen molar-refractivity contribution >= 4 is 21.6 Å². The van der Waals surface area contributed by atoms with E-state index >= 15 is 0 Å². The highest BCUT2D eigenvalue weighted by Crippen LogP contribution is 2.15. The Morgan fingerprint density at radius 2 is 1.62 bits per heavy atom. The average molecular weight is 285 g/mol. The lowest BCUT2D eigenvalue weighted by atomic mass is 10.2. The number of halogens is 1. The molecule has 0 N–H and O–H groups in total. The Kier molecular flexibility index (Phi) is 5.85. The van der Waals surface area contributed by atoms with Crippen LogP contribution in [0.1, 0.15) is 12.0 Å². The van der Waals surface area contributed by atoms with E-state index in [9.17, 15) is 0 Å². The van der Waals surface area contributed by atoms with Crippen LogP contribution in [-0.4, -0.2) is 39.1 Å². The number of alkyl halides is 1. The standard InChI is InChI=1S/C13H21BrN2/c1-15(2)9-4-10-16(3)13-7-5-12(11-14)6-8-13/h5-8H,4,9-11H2,1-3H3. The second kappa shape index (κ2) is 6.92. The lowest BCUT2D eigenvalue weighted by molar-refractivity contribution is 0.401. The van der Waals surface area contributed by atoms with Gasteiger partial charge in [0.15, 0.2) is 0 Å². The highest BCUT2D eigenvalue weighted by atomic mass is 79.9. The van der Waals surface area contributed by atoms with Gasteiger partial charge < -0.3 is 9.80 Å². The fraction of sp³-hybridized carbons (Fsp3) is 0.538. The van der Waals surface area contributed by atoms with E-state index in [1.165, 1.54) is 17.7 Å². The first-order chi connectivity index (χ1) is 7.63. The van der Waals surface area contributed by atoms with E-state index < -0.39 is 0 Å². The van der Waals surface area contributed by atoms with Gasteiger partial charge in [-0.2, -0.15) is 0 Å². The zero-order valence-corrected chi connectivity index (χ0v) is 12.0. The van der Waals surface area contributed by atoms with Gasteiger partial charge in [-0.05, 0) is 44.8 Å². The monoisotopic (exact) mass is 284 g/mol. The first-order valence-electron chi connectivity index (χ1n) is 5.64. The van der Waals surface area contributed by atoms with Crippen LogP contribution in [0.5, 0.6) is 0 Å². The molecule has 16 heavy (non-hydrogen) atoms. The molecule has 0 amide bonds. The second-order valence-electron chi connectivity index (χ2n) is 4.38. The molecule has 0 saturated heterocycles. The number of benzene rings is 1. The number of anilines is 1. The molecule has 0 fully saturated rings. The summed E-state index contributed by atoms with van der Waals surface area (Å²) in [5.74, 6) is 0. The Hall–Kier alpha value is -0.540. The van der Waals surface area contributed by atoms with Crippen LogP contribution in [-0.2, 0) is 5.33 Å². The van der Waals surface area contributed by atoms with Gasteiger partial charge in [-0.15, -0.1) is 0 Å². The zero-order chi connectivity index (χ0) is 12.0. The molecule has 0 radical (unpaired) electrons. The van der Waals surface area contributed by atoms with Crippen molar-refractivity contribution in [3.8, 4) is 0 Å². The van der Waals surface area contributed by atoms with Crippen molar-refractivity contribution in [3.63, 3.8) is 0 Å². The smallest absolute Gasteiger partial charge is 0.0363 e. The minimum atomic E-state index is 0.928. The van der Waals surface area contributed by atoms with Crippen LogP contribution in [0.25, 0.3) is 0 Å². The molecule has 0 spiro atoms. The molecule has 0 bridgehead atoms. The fourth-order valence-corrected chi connectivity index (χ4v) is 1.97. The molecule has 0 atom stereocenters. The van der Waals surface area contributed by atoms with Gasteiger partial charge in [0.1, 0.15) is 0 Å². The average Bonchev–Trinajstić information content (AvgIpc) is 2.28. The topological polar surface area (TPSA) is 6.48 Å². The molecule has 3 heteroatoms. The van der Waals surface area contributed by atoms with Crippen molar-refractivity contribution in [3.05, 3.63) is 29.8 Å². The third-order valence-corrected chi connectivity index (χ3v) is 3.28. The maximum absolute atomic E-state index is 3.46. The fourth-order valence-electron chi connectivity index (χ4n) is 1.59. The Morgan fingerprint density at radius 1 is 1.00 bits per heavy atom. The van der Waals surface area contributed by atoms with Crippen LogP contribution >= 0.6 is 15.9 Å². The summed E-state index contributed by atoms with van der Waals surface area (Å²) >= 11 is 3.46. The Labute approximate surface area is 107 Å². The Bertz CT molecular complexity index is 295. The summed E-state index contributed by atoms with van der Waals surface area (Å²) in [6.07, 6.45) is 1.20. The Balaban J connectivity index is 2.43. The zero-order valence-electron chi connectivity index (χ0n) is 10.4. The predicted molar refractivity (Wildman–Crippen MR) is 75.5 cm³/mol. The van der Waals surface area contributed by atoms with Crippen LogP contribution < -0.4 is 4.90 Å². The molecule has 0 unspecified atom stereocenters. The number of hydrogen-bond donors (Lipinski definition) is 0. The number of nitrogens with zero attached hydrogens (tertiary/aromatic N) is 2. The lowest BCUT2D eigenvalue weighted by Crippen LogP contribution is -2.23. The molecule has 0 aliphatic rings. The maximum atomic E-state index is 3.46. The van der Waals surface area contributed by atoms with E-state index in [1.54, 1.807) is 0 Å². The van der Waals surface area contributed by atoms with Crippen LogP contribution in [0.4, 0.5) is 5.69 Å². The molecular weight excluding hydrogens is 264 g/mol. The van der Waals surface area contributed by atoms with E-state index in [-0.39, 0.29) is 0 Å². The van der Waals surface area contributed by atoms with Crippen LogP contribution in [0.3, 0.4) is 0 Å². The summed E-state index contributed by atoms with van der Waals surface area (Å²) in [7, 11) is 6.38. The van der Waals surface area contributed by atoms with Gasteiger partial charge in [-0.3, -0.25) is 0 Å². The van der Waals surface area contributed by atoms with Crippen molar-refractivity contribution in [1.29, 1.82) is 0 Å². The molecule has 0 aliphatic carbocycles. The van der Waals surface area contributed by atoms with Crippen molar-refractivity contribution in [2.24, 2.45) is 0 Å². The van der Waals surface area contributed by atoms with Gasteiger partial charge in [-0.25, -0.2) is 0 Å². The highest BCUT2D eigenvalue weighted by Gasteiger charge is 2.00. The number of rotatable bonds is 6. The molecule has 0 heterocycles. The van der Waals surface area contributed by atoms with E-state index in [0.29, 0.717) is 0 Å². The van der Waals surface area contributed by atoms with E-state index in [1.807, 2.05) is 0 Å². The van der Waals surface area contributed by atoms with Crippen molar-refractivity contribution in [2.45, 2.75) is 11.8 Å². The van der Waals surface area contributed by atoms with Gasteiger partial charge in [0.05, 0.1) is 0 Å². The molecule has 1 aromatic carbocycles. The first kappa shape index (κ1) is 13.5. The predicted octanol–water partition coefficient (Wildman–Crippen LogP) is 2.97. The quantitative estimate of drug-likeness (QED) is 0.741. The summed E-state index contributed by atoms with van der Waals surface area (Å²) in [5, 5.41) is 0.928. The molecule has 0 aliphatic heterocycles.